The van der Waals surface area contributed by atoms with E-state index in [1.54, 1.807) is 0 Å². The number of aliphatic hydroxyl groups excluding tert-OH is 2. The Morgan fingerprint density at radius 2 is 1.93 bits per heavy atom. The summed E-state index contributed by atoms with van der Waals surface area (Å²) in [5, 5.41) is 20.7. The van der Waals surface area contributed by atoms with Crippen LogP contribution in [0.4, 0.5) is 0 Å². The highest BCUT2D eigenvalue weighted by molar-refractivity contribution is 4.74. The first-order valence-electron chi connectivity index (χ1n) is 5.94. The number of nitrogens with one attached hydrogen (secondary N) is 1. The highest BCUT2D eigenvalue weighted by Crippen LogP contribution is 2.12. The molecule has 2 fully saturated rings. The minimum Gasteiger partial charge on any atom is -0.395 e. The zero-order valence-corrected chi connectivity index (χ0v) is 9.65. The molecule has 15 heavy (non-hydrogen) atoms. The minimum atomic E-state index is -0.0266. The Labute approximate surface area is 92.3 Å². The van der Waals surface area contributed by atoms with Crippen molar-refractivity contribution in [1.29, 1.82) is 0 Å². The van der Waals surface area contributed by atoms with Crippen molar-refractivity contribution >= 4 is 0 Å². The molecule has 2 heterocycles. The van der Waals surface area contributed by atoms with Crippen molar-refractivity contribution < 1.29 is 10.2 Å². The summed E-state index contributed by atoms with van der Waals surface area (Å²) < 4.78 is 0. The van der Waals surface area contributed by atoms with Crippen LogP contribution in [0.25, 0.3) is 0 Å². The molecule has 1 unspecified atom stereocenters. The number of aliphatic hydroxyl groups is 2. The Kier molecular flexibility index (Phi) is 6.17. The Bertz CT molecular complexity index is 161. The summed E-state index contributed by atoms with van der Waals surface area (Å²) >= 11 is 0. The van der Waals surface area contributed by atoms with E-state index < -0.39 is 0 Å². The van der Waals surface area contributed by atoms with Gasteiger partial charge in [-0.2, -0.15) is 0 Å². The topological polar surface area (TPSA) is 55.7 Å². The van der Waals surface area contributed by atoms with Crippen molar-refractivity contribution in [3.63, 3.8) is 0 Å². The zero-order chi connectivity index (χ0) is 11.1. The van der Waals surface area contributed by atoms with E-state index in [4.69, 9.17) is 10.2 Å². The van der Waals surface area contributed by atoms with Crippen molar-refractivity contribution in [2.75, 3.05) is 33.3 Å². The second-order valence-electron chi connectivity index (χ2n) is 4.44. The van der Waals surface area contributed by atoms with E-state index in [1.165, 1.54) is 12.8 Å². The molecule has 2 rings (SSSR count). The summed E-state index contributed by atoms with van der Waals surface area (Å²) in [6, 6.07) is 0.454. The van der Waals surface area contributed by atoms with Gasteiger partial charge in [0.05, 0.1) is 12.7 Å². The van der Waals surface area contributed by atoms with Crippen LogP contribution in [0.15, 0.2) is 0 Å². The Morgan fingerprint density at radius 3 is 2.20 bits per heavy atom. The lowest BCUT2D eigenvalue weighted by Gasteiger charge is -2.16. The second-order valence-corrected chi connectivity index (χ2v) is 4.44. The first-order chi connectivity index (χ1) is 7.24. The van der Waals surface area contributed by atoms with Gasteiger partial charge >= 0.3 is 0 Å². The van der Waals surface area contributed by atoms with E-state index in [2.05, 4.69) is 17.3 Å². The molecule has 0 bridgehead atoms. The standard InChI is InChI=1S/C6H13NO.C5H11NO/c1-7-4-2-3-6(7)5-8;7-5-1-3-6-4-2-5/h6,8H,2-5H2,1H3;5-7H,1-4H2. The molecule has 3 N–H and O–H groups in total. The maximum Gasteiger partial charge on any atom is 0.0586 e. The van der Waals surface area contributed by atoms with Crippen LogP contribution in [-0.4, -0.2) is 60.5 Å². The van der Waals surface area contributed by atoms with Gasteiger partial charge < -0.3 is 20.4 Å². The fourth-order valence-electron chi connectivity index (χ4n) is 2.02. The molecule has 2 aliphatic rings. The van der Waals surface area contributed by atoms with Crippen LogP contribution in [0.2, 0.25) is 0 Å². The molecule has 4 nitrogen and oxygen atoms in total. The Morgan fingerprint density at radius 1 is 1.27 bits per heavy atom. The highest BCUT2D eigenvalue weighted by Gasteiger charge is 2.18. The molecule has 4 heteroatoms. The number of piperidine rings is 1. The lowest BCUT2D eigenvalue weighted by atomic mass is 10.1. The van der Waals surface area contributed by atoms with Crippen molar-refractivity contribution in [3.05, 3.63) is 0 Å². The minimum absolute atomic E-state index is 0.0266. The number of rotatable bonds is 1. The SMILES string of the molecule is CN1CCCC1CO.OC1CCNCC1. The molecule has 0 aromatic carbocycles. The molecule has 1 atom stereocenters. The van der Waals surface area contributed by atoms with Crippen LogP contribution in [0, 0.1) is 0 Å². The molecule has 0 saturated carbocycles. The van der Waals surface area contributed by atoms with Crippen molar-refractivity contribution in [2.24, 2.45) is 0 Å². The van der Waals surface area contributed by atoms with E-state index in [9.17, 15) is 0 Å². The summed E-state index contributed by atoms with van der Waals surface area (Å²) in [6.45, 7) is 3.46. The zero-order valence-electron chi connectivity index (χ0n) is 9.65. The molecule has 0 aromatic rings. The van der Waals surface area contributed by atoms with Gasteiger partial charge in [0, 0.05) is 6.04 Å². The summed E-state index contributed by atoms with van der Waals surface area (Å²) in [6.07, 6.45) is 4.26. The lowest BCUT2D eigenvalue weighted by Crippen LogP contribution is -2.30. The van der Waals surface area contributed by atoms with Gasteiger partial charge in [-0.05, 0) is 52.4 Å². The average Bonchev–Trinajstić information content (AvgIpc) is 2.66. The second kappa shape index (κ2) is 7.17. The van der Waals surface area contributed by atoms with Crippen LogP contribution in [-0.2, 0) is 0 Å². The van der Waals surface area contributed by atoms with Crippen LogP contribution in [0.1, 0.15) is 25.7 Å². The van der Waals surface area contributed by atoms with Crippen LogP contribution >= 0.6 is 0 Å². The third-order valence-corrected chi connectivity index (χ3v) is 3.19. The number of likely N-dealkylation sites (N-methyl/N-ethyl adjacent to an activating group) is 1. The third-order valence-electron chi connectivity index (χ3n) is 3.19. The van der Waals surface area contributed by atoms with Crippen molar-refractivity contribution in [1.82, 2.24) is 10.2 Å². The summed E-state index contributed by atoms with van der Waals surface area (Å²) in [7, 11) is 2.06. The average molecular weight is 216 g/mol. The molecule has 2 aliphatic heterocycles. The molecule has 0 aromatic heterocycles. The Balaban J connectivity index is 0.000000151. The molecule has 0 aliphatic carbocycles. The predicted octanol–water partition coefficient (Wildman–Crippen LogP) is -0.196. The first-order valence-corrected chi connectivity index (χ1v) is 5.94. The van der Waals surface area contributed by atoms with Crippen molar-refractivity contribution in [3.8, 4) is 0 Å². The van der Waals surface area contributed by atoms with Crippen LogP contribution in [0.3, 0.4) is 0 Å². The van der Waals surface area contributed by atoms with Gasteiger partial charge in [-0.15, -0.1) is 0 Å². The molecular weight excluding hydrogens is 192 g/mol. The maximum atomic E-state index is 8.87. The van der Waals surface area contributed by atoms with Gasteiger partial charge in [0.1, 0.15) is 0 Å². The Hall–Kier alpha value is -0.160. The van der Waals surface area contributed by atoms with Gasteiger partial charge in [-0.25, -0.2) is 0 Å². The smallest absolute Gasteiger partial charge is 0.0586 e. The first kappa shape index (κ1) is 12.9. The molecular formula is C11H24N2O2. The van der Waals surface area contributed by atoms with E-state index in [0.717, 1.165) is 32.5 Å². The normalized spacial score (nSPS) is 28.6. The largest absolute Gasteiger partial charge is 0.395 e. The number of hydrogen-bond donors (Lipinski definition) is 3. The van der Waals surface area contributed by atoms with Crippen LogP contribution in [0.5, 0.6) is 0 Å². The number of hydrogen-bond acceptors (Lipinski definition) is 4. The van der Waals surface area contributed by atoms with E-state index in [-0.39, 0.29) is 6.10 Å². The van der Waals surface area contributed by atoms with Gasteiger partial charge in [-0.1, -0.05) is 0 Å². The van der Waals surface area contributed by atoms with Gasteiger partial charge in [0.25, 0.3) is 0 Å². The summed E-state index contributed by atoms with van der Waals surface area (Å²) in [5.74, 6) is 0. The number of nitrogens with zero attached hydrogens (tertiary/aromatic N) is 1. The van der Waals surface area contributed by atoms with E-state index in [0.29, 0.717) is 12.6 Å². The maximum absolute atomic E-state index is 8.87. The molecule has 90 valence electrons. The van der Waals surface area contributed by atoms with E-state index >= 15 is 0 Å². The molecule has 0 amide bonds. The van der Waals surface area contributed by atoms with E-state index in [1.807, 2.05) is 0 Å². The van der Waals surface area contributed by atoms with Crippen molar-refractivity contribution in [2.45, 2.75) is 37.8 Å². The summed E-state index contributed by atoms with van der Waals surface area (Å²) in [4.78, 5) is 2.21. The third kappa shape index (κ3) is 4.93. The fraction of sp³-hybridized carbons (Fsp3) is 1.00. The molecule has 2 saturated heterocycles. The van der Waals surface area contributed by atoms with Gasteiger partial charge in [-0.3, -0.25) is 0 Å². The van der Waals surface area contributed by atoms with Gasteiger partial charge in [0.15, 0.2) is 0 Å². The number of likely N-dealkylation sites (tertiary alicyclic amines) is 1. The highest BCUT2D eigenvalue weighted by atomic mass is 16.3. The predicted molar refractivity (Wildman–Crippen MR) is 60.8 cm³/mol. The molecule has 0 spiro atoms. The summed E-state index contributed by atoms with van der Waals surface area (Å²) in [5.41, 5.74) is 0. The quantitative estimate of drug-likeness (QED) is 0.568. The fourth-order valence-corrected chi connectivity index (χ4v) is 2.02. The lowest BCUT2D eigenvalue weighted by molar-refractivity contribution is 0.137. The monoisotopic (exact) mass is 216 g/mol. The molecule has 0 radical (unpaired) electrons. The van der Waals surface area contributed by atoms with Crippen LogP contribution < -0.4 is 5.32 Å². The van der Waals surface area contributed by atoms with Gasteiger partial charge in [0.2, 0.25) is 0 Å².